The Balaban J connectivity index is 1.64. The first kappa shape index (κ1) is 17.5. The molecule has 1 aromatic rings. The first-order valence-electron chi connectivity index (χ1n) is 8.94. The number of hydrogen-bond acceptors (Lipinski definition) is 0. The van der Waals surface area contributed by atoms with Crippen molar-refractivity contribution in [1.82, 2.24) is 0 Å². The molecule has 1 aliphatic rings. The highest BCUT2D eigenvalue weighted by Crippen LogP contribution is 2.28. The van der Waals surface area contributed by atoms with Crippen molar-refractivity contribution in [2.75, 3.05) is 0 Å². The summed E-state index contributed by atoms with van der Waals surface area (Å²) in [6, 6.07) is 8.62. The molecule has 0 spiro atoms. The molecular formula is C21H29Br. The molecule has 2 rings (SSSR count). The van der Waals surface area contributed by atoms with Gasteiger partial charge in [-0.3, -0.25) is 0 Å². The van der Waals surface area contributed by atoms with Gasteiger partial charge in [0.25, 0.3) is 0 Å². The van der Waals surface area contributed by atoms with Crippen molar-refractivity contribution in [3.05, 3.63) is 52.5 Å². The summed E-state index contributed by atoms with van der Waals surface area (Å²) in [4.78, 5) is 0. The van der Waals surface area contributed by atoms with E-state index in [0.717, 1.165) is 10.4 Å². The van der Waals surface area contributed by atoms with Gasteiger partial charge < -0.3 is 0 Å². The predicted octanol–water partition coefficient (Wildman–Crippen LogP) is 7.55. The number of allylic oxidation sites excluding steroid dienone is 4. The van der Waals surface area contributed by atoms with Crippen molar-refractivity contribution in [3.8, 4) is 0 Å². The van der Waals surface area contributed by atoms with Crippen LogP contribution in [0, 0.1) is 5.92 Å². The van der Waals surface area contributed by atoms with Crippen LogP contribution in [-0.4, -0.2) is 0 Å². The topological polar surface area (TPSA) is 0 Å². The quantitative estimate of drug-likeness (QED) is 0.398. The van der Waals surface area contributed by atoms with Crippen LogP contribution in [-0.2, 0) is 0 Å². The minimum absolute atomic E-state index is 0.759. The predicted molar refractivity (Wildman–Crippen MR) is 102 cm³/mol. The van der Waals surface area contributed by atoms with E-state index in [0.29, 0.717) is 0 Å². The molecule has 0 amide bonds. The van der Waals surface area contributed by atoms with Gasteiger partial charge in [0.15, 0.2) is 0 Å². The van der Waals surface area contributed by atoms with E-state index in [9.17, 15) is 0 Å². The fourth-order valence-corrected chi connectivity index (χ4v) is 3.36. The zero-order valence-corrected chi connectivity index (χ0v) is 15.4. The normalized spacial score (nSPS) is 17.5. The van der Waals surface area contributed by atoms with Crippen LogP contribution in [0.3, 0.4) is 0 Å². The molecule has 0 saturated heterocycles. The second kappa shape index (κ2) is 10.0. The van der Waals surface area contributed by atoms with Crippen LogP contribution in [0.25, 0.3) is 5.57 Å². The fraction of sp³-hybridized carbons (Fsp3) is 0.524. The maximum absolute atomic E-state index is 3.50. The molecule has 0 nitrogen and oxygen atoms in total. The minimum Gasteiger partial charge on any atom is -0.0805 e. The Bertz CT molecular complexity index is 481. The standard InChI is InChI=1S/C21H29Br/c1-2-3-4-5-6-7-8-9-18-10-12-19(13-11-18)20-14-16-21(22)17-15-20/h10,12-18H,2-9,11H2,1H3. The Morgan fingerprint density at radius 2 is 1.64 bits per heavy atom. The fourth-order valence-electron chi connectivity index (χ4n) is 3.10. The van der Waals surface area contributed by atoms with Gasteiger partial charge in [0.2, 0.25) is 0 Å². The summed E-state index contributed by atoms with van der Waals surface area (Å²) in [6.07, 6.45) is 19.6. The van der Waals surface area contributed by atoms with Crippen LogP contribution in [0.5, 0.6) is 0 Å². The smallest absolute Gasteiger partial charge is 0.0175 e. The van der Waals surface area contributed by atoms with Crippen molar-refractivity contribution >= 4 is 21.5 Å². The molecule has 0 N–H and O–H groups in total. The summed E-state index contributed by atoms with van der Waals surface area (Å²) in [6.45, 7) is 2.28. The Hall–Kier alpha value is -0.820. The van der Waals surface area contributed by atoms with E-state index in [1.807, 2.05) is 0 Å². The molecule has 0 heterocycles. The zero-order valence-electron chi connectivity index (χ0n) is 13.9. The molecule has 0 radical (unpaired) electrons. The summed E-state index contributed by atoms with van der Waals surface area (Å²) < 4.78 is 1.15. The second-order valence-electron chi connectivity index (χ2n) is 6.43. The van der Waals surface area contributed by atoms with Gasteiger partial charge in [-0.1, -0.05) is 98.2 Å². The molecule has 120 valence electrons. The van der Waals surface area contributed by atoms with Gasteiger partial charge in [-0.2, -0.15) is 0 Å². The average molecular weight is 361 g/mol. The zero-order chi connectivity index (χ0) is 15.6. The van der Waals surface area contributed by atoms with Crippen LogP contribution in [0.1, 0.15) is 70.3 Å². The van der Waals surface area contributed by atoms with E-state index in [1.165, 1.54) is 68.9 Å². The largest absolute Gasteiger partial charge is 0.0805 e. The lowest BCUT2D eigenvalue weighted by atomic mass is 9.89. The lowest BCUT2D eigenvalue weighted by Crippen LogP contribution is -2.00. The van der Waals surface area contributed by atoms with E-state index in [-0.39, 0.29) is 0 Å². The Labute approximate surface area is 144 Å². The van der Waals surface area contributed by atoms with Gasteiger partial charge in [-0.25, -0.2) is 0 Å². The molecule has 22 heavy (non-hydrogen) atoms. The monoisotopic (exact) mass is 360 g/mol. The molecule has 0 aliphatic heterocycles. The van der Waals surface area contributed by atoms with Crippen LogP contribution < -0.4 is 0 Å². The highest BCUT2D eigenvalue weighted by molar-refractivity contribution is 9.10. The summed E-state index contributed by atoms with van der Waals surface area (Å²) >= 11 is 3.50. The number of unbranched alkanes of at least 4 members (excludes halogenated alkanes) is 6. The number of halogens is 1. The molecule has 1 aromatic carbocycles. The van der Waals surface area contributed by atoms with Gasteiger partial charge in [0, 0.05) is 4.47 Å². The van der Waals surface area contributed by atoms with E-state index in [1.54, 1.807) is 0 Å². The van der Waals surface area contributed by atoms with Crippen molar-refractivity contribution in [2.45, 2.75) is 64.7 Å². The molecule has 1 aliphatic carbocycles. The van der Waals surface area contributed by atoms with Crippen molar-refractivity contribution < 1.29 is 0 Å². The van der Waals surface area contributed by atoms with Crippen molar-refractivity contribution in [1.29, 1.82) is 0 Å². The Kier molecular flexibility index (Phi) is 8.01. The molecule has 0 fully saturated rings. The first-order chi connectivity index (χ1) is 10.8. The van der Waals surface area contributed by atoms with Crippen LogP contribution in [0.15, 0.2) is 47.0 Å². The highest BCUT2D eigenvalue weighted by atomic mass is 79.9. The van der Waals surface area contributed by atoms with Gasteiger partial charge in [0.05, 0.1) is 0 Å². The van der Waals surface area contributed by atoms with Gasteiger partial charge >= 0.3 is 0 Å². The maximum atomic E-state index is 3.50. The first-order valence-corrected chi connectivity index (χ1v) is 9.73. The van der Waals surface area contributed by atoms with E-state index >= 15 is 0 Å². The minimum atomic E-state index is 0.759. The summed E-state index contributed by atoms with van der Waals surface area (Å²) in [7, 11) is 0. The highest BCUT2D eigenvalue weighted by Gasteiger charge is 2.09. The Morgan fingerprint density at radius 1 is 0.955 bits per heavy atom. The summed E-state index contributed by atoms with van der Waals surface area (Å²) in [5.74, 6) is 0.759. The van der Waals surface area contributed by atoms with Crippen LogP contribution in [0.2, 0.25) is 0 Å². The summed E-state index contributed by atoms with van der Waals surface area (Å²) in [5.41, 5.74) is 2.71. The average Bonchev–Trinajstić information content (AvgIpc) is 2.55. The third kappa shape index (κ3) is 6.12. The van der Waals surface area contributed by atoms with Crippen LogP contribution >= 0.6 is 15.9 Å². The van der Waals surface area contributed by atoms with Crippen LogP contribution in [0.4, 0.5) is 0 Å². The number of benzene rings is 1. The van der Waals surface area contributed by atoms with Gasteiger partial charge in [-0.15, -0.1) is 0 Å². The van der Waals surface area contributed by atoms with Crippen molar-refractivity contribution in [3.63, 3.8) is 0 Å². The number of hydrogen-bond donors (Lipinski definition) is 0. The SMILES string of the molecule is CCCCCCCCCC1C=CC(c2ccc(Br)cc2)=CC1. The lowest BCUT2D eigenvalue weighted by Gasteiger charge is -2.16. The Morgan fingerprint density at radius 3 is 2.27 bits per heavy atom. The lowest BCUT2D eigenvalue weighted by molar-refractivity contribution is 0.517. The van der Waals surface area contributed by atoms with Gasteiger partial charge in [0.1, 0.15) is 0 Å². The number of rotatable bonds is 9. The van der Waals surface area contributed by atoms with E-state index < -0.39 is 0 Å². The van der Waals surface area contributed by atoms with E-state index in [4.69, 9.17) is 0 Å². The van der Waals surface area contributed by atoms with Crippen molar-refractivity contribution in [2.24, 2.45) is 5.92 Å². The summed E-state index contributed by atoms with van der Waals surface area (Å²) in [5, 5.41) is 0. The van der Waals surface area contributed by atoms with E-state index in [2.05, 4.69) is 65.3 Å². The maximum Gasteiger partial charge on any atom is 0.0175 e. The molecule has 0 bridgehead atoms. The molecule has 0 saturated carbocycles. The third-order valence-electron chi connectivity index (χ3n) is 4.54. The molecule has 0 aromatic heterocycles. The third-order valence-corrected chi connectivity index (χ3v) is 5.07. The second-order valence-corrected chi connectivity index (χ2v) is 7.35. The van der Waals surface area contributed by atoms with Gasteiger partial charge in [-0.05, 0) is 42.0 Å². The molecule has 1 atom stereocenters. The molecule has 1 unspecified atom stereocenters. The molecule has 1 heteroatoms. The molecular weight excluding hydrogens is 332 g/mol.